The molecule has 0 bridgehead atoms. The highest BCUT2D eigenvalue weighted by molar-refractivity contribution is 5.83. The van der Waals surface area contributed by atoms with Gasteiger partial charge in [0.05, 0.1) is 12.1 Å². The van der Waals surface area contributed by atoms with Crippen LogP contribution in [0.3, 0.4) is 0 Å². The van der Waals surface area contributed by atoms with Crippen LogP contribution in [0.15, 0.2) is 30.3 Å². The molecule has 2 unspecified atom stereocenters. The van der Waals surface area contributed by atoms with Crippen LogP contribution in [0.25, 0.3) is 0 Å². The van der Waals surface area contributed by atoms with Gasteiger partial charge in [-0.1, -0.05) is 50.1 Å². The van der Waals surface area contributed by atoms with Crippen molar-refractivity contribution in [2.24, 2.45) is 11.7 Å². The third-order valence-electron chi connectivity index (χ3n) is 4.22. The minimum Gasteiger partial charge on any atom is -0.394 e. The predicted octanol–water partition coefficient (Wildman–Crippen LogP) is 1.74. The van der Waals surface area contributed by atoms with Gasteiger partial charge in [0.15, 0.2) is 0 Å². The maximum Gasteiger partial charge on any atom is 0.242 e. The van der Waals surface area contributed by atoms with Gasteiger partial charge in [-0.15, -0.1) is 0 Å². The third-order valence-corrected chi connectivity index (χ3v) is 4.22. The Bertz CT molecular complexity index is 449. The molecule has 0 radical (unpaired) electrons. The first-order chi connectivity index (χ1) is 9.56. The summed E-state index contributed by atoms with van der Waals surface area (Å²) in [6, 6.07) is 8.64. The van der Waals surface area contributed by atoms with Crippen molar-refractivity contribution in [2.75, 3.05) is 6.61 Å². The second-order valence-electron chi connectivity index (χ2n) is 6.02. The summed E-state index contributed by atoms with van der Waals surface area (Å²) >= 11 is 0. The number of benzene rings is 1. The number of carbonyl (C=O) groups is 1. The van der Waals surface area contributed by atoms with E-state index < -0.39 is 11.6 Å². The minimum atomic E-state index is -0.683. The Balaban J connectivity index is 2.06. The SMILES string of the molecule is CC1CCCC(CO)(NC(=O)[C@@H](N)c2ccccc2)C1. The Kier molecular flexibility index (Phi) is 4.78. The molecule has 1 fully saturated rings. The van der Waals surface area contributed by atoms with Crippen molar-refractivity contribution in [3.05, 3.63) is 35.9 Å². The quantitative estimate of drug-likeness (QED) is 0.784. The fraction of sp³-hybridized carbons (Fsp3) is 0.562. The number of carbonyl (C=O) groups excluding carboxylic acids is 1. The molecule has 1 amide bonds. The van der Waals surface area contributed by atoms with E-state index in [0.29, 0.717) is 5.92 Å². The zero-order chi connectivity index (χ0) is 14.6. The Morgan fingerprint density at radius 1 is 1.50 bits per heavy atom. The van der Waals surface area contributed by atoms with E-state index in [1.54, 1.807) is 0 Å². The Hall–Kier alpha value is -1.39. The summed E-state index contributed by atoms with van der Waals surface area (Å²) in [6.07, 6.45) is 3.82. The number of aliphatic hydroxyl groups is 1. The number of hydrogen-bond donors (Lipinski definition) is 3. The van der Waals surface area contributed by atoms with E-state index in [-0.39, 0.29) is 12.5 Å². The summed E-state index contributed by atoms with van der Waals surface area (Å²) in [7, 11) is 0. The maximum absolute atomic E-state index is 12.3. The molecule has 110 valence electrons. The average Bonchev–Trinajstić information content (AvgIpc) is 2.47. The van der Waals surface area contributed by atoms with Crippen LogP contribution in [-0.2, 0) is 4.79 Å². The largest absolute Gasteiger partial charge is 0.394 e. The minimum absolute atomic E-state index is 0.0232. The molecule has 3 atom stereocenters. The van der Waals surface area contributed by atoms with E-state index in [4.69, 9.17) is 5.73 Å². The molecule has 1 aliphatic carbocycles. The molecule has 1 aliphatic rings. The lowest BCUT2D eigenvalue weighted by Gasteiger charge is -2.40. The van der Waals surface area contributed by atoms with Crippen molar-refractivity contribution in [1.82, 2.24) is 5.32 Å². The average molecular weight is 276 g/mol. The van der Waals surface area contributed by atoms with Gasteiger partial charge in [0.1, 0.15) is 6.04 Å². The molecule has 4 N–H and O–H groups in total. The van der Waals surface area contributed by atoms with Crippen LogP contribution in [0, 0.1) is 5.92 Å². The molecule has 20 heavy (non-hydrogen) atoms. The number of rotatable bonds is 4. The van der Waals surface area contributed by atoms with Gasteiger partial charge in [-0.2, -0.15) is 0 Å². The van der Waals surface area contributed by atoms with Crippen molar-refractivity contribution in [3.8, 4) is 0 Å². The highest BCUT2D eigenvalue weighted by atomic mass is 16.3. The summed E-state index contributed by atoms with van der Waals surface area (Å²) in [4.78, 5) is 12.3. The summed E-state index contributed by atoms with van der Waals surface area (Å²) < 4.78 is 0. The number of nitrogens with one attached hydrogen (secondary N) is 1. The molecule has 0 heterocycles. The first-order valence-corrected chi connectivity index (χ1v) is 7.30. The Morgan fingerprint density at radius 3 is 2.80 bits per heavy atom. The van der Waals surface area contributed by atoms with E-state index in [0.717, 1.165) is 31.2 Å². The van der Waals surface area contributed by atoms with Crippen LogP contribution in [-0.4, -0.2) is 23.2 Å². The Morgan fingerprint density at radius 2 is 2.20 bits per heavy atom. The number of aliphatic hydroxyl groups excluding tert-OH is 1. The van der Waals surface area contributed by atoms with Crippen LogP contribution >= 0.6 is 0 Å². The van der Waals surface area contributed by atoms with Gasteiger partial charge in [0, 0.05) is 0 Å². The molecule has 0 saturated heterocycles. The van der Waals surface area contributed by atoms with Crippen molar-refractivity contribution in [2.45, 2.75) is 44.2 Å². The van der Waals surface area contributed by atoms with Crippen molar-refractivity contribution >= 4 is 5.91 Å². The summed E-state index contributed by atoms with van der Waals surface area (Å²) in [5, 5.41) is 12.7. The van der Waals surface area contributed by atoms with Gasteiger partial charge in [-0.3, -0.25) is 4.79 Å². The first-order valence-electron chi connectivity index (χ1n) is 7.30. The molecule has 1 saturated carbocycles. The van der Waals surface area contributed by atoms with Gasteiger partial charge >= 0.3 is 0 Å². The Labute approximate surface area is 120 Å². The molecule has 0 aliphatic heterocycles. The zero-order valence-electron chi connectivity index (χ0n) is 12.0. The fourth-order valence-corrected chi connectivity index (χ4v) is 3.11. The van der Waals surface area contributed by atoms with Crippen LogP contribution in [0.2, 0.25) is 0 Å². The van der Waals surface area contributed by atoms with Gasteiger partial charge in [0.25, 0.3) is 0 Å². The highest BCUT2D eigenvalue weighted by Gasteiger charge is 2.36. The van der Waals surface area contributed by atoms with Gasteiger partial charge in [-0.25, -0.2) is 0 Å². The van der Waals surface area contributed by atoms with Crippen LogP contribution < -0.4 is 11.1 Å². The second-order valence-corrected chi connectivity index (χ2v) is 6.02. The first kappa shape index (κ1) is 15.0. The third kappa shape index (κ3) is 3.38. The van der Waals surface area contributed by atoms with Gasteiger partial charge in [0.2, 0.25) is 5.91 Å². The molecule has 4 nitrogen and oxygen atoms in total. The smallest absolute Gasteiger partial charge is 0.242 e. The monoisotopic (exact) mass is 276 g/mol. The summed E-state index contributed by atoms with van der Waals surface area (Å²) in [6.45, 7) is 2.14. The lowest BCUT2D eigenvalue weighted by Crippen LogP contribution is -2.55. The highest BCUT2D eigenvalue weighted by Crippen LogP contribution is 2.32. The lowest BCUT2D eigenvalue weighted by molar-refractivity contribution is -0.125. The van der Waals surface area contributed by atoms with Gasteiger partial charge in [-0.05, 0) is 24.3 Å². The molecule has 1 aromatic rings. The fourth-order valence-electron chi connectivity index (χ4n) is 3.11. The molecule has 1 aromatic carbocycles. The summed E-state index contributed by atoms with van der Waals surface area (Å²) in [5.74, 6) is 0.309. The van der Waals surface area contributed by atoms with E-state index in [9.17, 15) is 9.90 Å². The van der Waals surface area contributed by atoms with Gasteiger partial charge < -0.3 is 16.2 Å². The van der Waals surface area contributed by atoms with E-state index in [1.165, 1.54) is 0 Å². The summed E-state index contributed by atoms with van der Waals surface area (Å²) in [5.41, 5.74) is 6.30. The molecular weight excluding hydrogens is 252 g/mol. The second kappa shape index (κ2) is 6.37. The normalized spacial score (nSPS) is 27.9. The standard InChI is InChI=1S/C16H24N2O2/c1-12-6-5-9-16(10-12,11-19)18-15(20)14(17)13-7-3-2-4-8-13/h2-4,7-8,12,14,19H,5-6,9-11,17H2,1H3,(H,18,20)/t12?,14-,16?/m0/s1. The molecule has 0 aromatic heterocycles. The number of hydrogen-bond acceptors (Lipinski definition) is 3. The maximum atomic E-state index is 12.3. The topological polar surface area (TPSA) is 75.3 Å². The van der Waals surface area contributed by atoms with E-state index in [2.05, 4.69) is 12.2 Å². The lowest BCUT2D eigenvalue weighted by atomic mass is 9.76. The molecular formula is C16H24N2O2. The van der Waals surface area contributed by atoms with Crippen molar-refractivity contribution < 1.29 is 9.90 Å². The molecule has 4 heteroatoms. The van der Waals surface area contributed by atoms with Crippen molar-refractivity contribution in [1.29, 1.82) is 0 Å². The number of amides is 1. The zero-order valence-corrected chi connectivity index (χ0v) is 12.0. The molecule has 2 rings (SSSR count). The van der Waals surface area contributed by atoms with Crippen LogP contribution in [0.1, 0.15) is 44.2 Å². The van der Waals surface area contributed by atoms with Crippen LogP contribution in [0.5, 0.6) is 0 Å². The van der Waals surface area contributed by atoms with Crippen LogP contribution in [0.4, 0.5) is 0 Å². The van der Waals surface area contributed by atoms with E-state index in [1.807, 2.05) is 30.3 Å². The number of nitrogens with two attached hydrogens (primary N) is 1. The molecule has 0 spiro atoms. The predicted molar refractivity (Wildman–Crippen MR) is 79.0 cm³/mol. The van der Waals surface area contributed by atoms with Crippen molar-refractivity contribution in [3.63, 3.8) is 0 Å². The van der Waals surface area contributed by atoms with E-state index >= 15 is 0 Å².